The first kappa shape index (κ1) is 17.0. The number of para-hydroxylation sites is 2. The van der Waals surface area contributed by atoms with E-state index in [-0.39, 0.29) is 5.56 Å². The van der Waals surface area contributed by atoms with Gasteiger partial charge in [0.2, 0.25) is 5.95 Å². The van der Waals surface area contributed by atoms with Gasteiger partial charge in [-0.25, -0.2) is 4.98 Å². The van der Waals surface area contributed by atoms with Crippen LogP contribution in [-0.4, -0.2) is 37.3 Å². The summed E-state index contributed by atoms with van der Waals surface area (Å²) in [5.74, 6) is 0.470. The molecule has 0 unspecified atom stereocenters. The number of hydrogen-bond acceptors (Lipinski definition) is 5. The van der Waals surface area contributed by atoms with Gasteiger partial charge in [0.25, 0.3) is 5.56 Å². The van der Waals surface area contributed by atoms with Crippen molar-refractivity contribution in [3.63, 3.8) is 0 Å². The second-order valence-corrected chi connectivity index (χ2v) is 5.83. The van der Waals surface area contributed by atoms with E-state index in [4.69, 9.17) is 4.74 Å². The van der Waals surface area contributed by atoms with E-state index in [0.717, 1.165) is 17.8 Å². The molecule has 0 aliphatic carbocycles. The van der Waals surface area contributed by atoms with Crippen LogP contribution in [0.3, 0.4) is 0 Å². The van der Waals surface area contributed by atoms with E-state index in [0.29, 0.717) is 30.0 Å². The third-order valence-electron chi connectivity index (χ3n) is 4.09. The molecule has 0 amide bonds. The number of ether oxygens (including phenoxy) is 1. The standard InChI is InChI=1S/C19H22N4O2/c1-23(11-12-25-2)17-10-6-3-7-14(17)13-20-19-21-16-9-5-4-8-15(16)18(24)22-19/h3-10H,11-13H2,1-2H3,(H2,20,21,22,24). The molecule has 3 rings (SSSR count). The molecule has 2 N–H and O–H groups in total. The van der Waals surface area contributed by atoms with Crippen molar-refractivity contribution in [3.05, 3.63) is 64.4 Å². The number of nitrogens with one attached hydrogen (secondary N) is 2. The second-order valence-electron chi connectivity index (χ2n) is 5.83. The number of H-pyrrole nitrogens is 1. The number of likely N-dealkylation sites (N-methyl/N-ethyl adjacent to an activating group) is 1. The van der Waals surface area contributed by atoms with Crippen molar-refractivity contribution < 1.29 is 4.74 Å². The molecule has 0 radical (unpaired) electrons. The molecule has 0 fully saturated rings. The lowest BCUT2D eigenvalue weighted by atomic mass is 10.1. The molecule has 6 heteroatoms. The van der Waals surface area contributed by atoms with E-state index < -0.39 is 0 Å². The van der Waals surface area contributed by atoms with Gasteiger partial charge >= 0.3 is 0 Å². The molecule has 0 saturated heterocycles. The van der Waals surface area contributed by atoms with E-state index in [1.807, 2.05) is 37.4 Å². The van der Waals surface area contributed by atoms with Crippen LogP contribution < -0.4 is 15.8 Å². The van der Waals surface area contributed by atoms with Crippen molar-refractivity contribution in [3.8, 4) is 0 Å². The summed E-state index contributed by atoms with van der Waals surface area (Å²) < 4.78 is 5.15. The van der Waals surface area contributed by atoms with E-state index in [1.165, 1.54) is 0 Å². The zero-order chi connectivity index (χ0) is 17.6. The Bertz CT molecular complexity index is 907. The molecule has 6 nitrogen and oxygen atoms in total. The van der Waals surface area contributed by atoms with Crippen molar-refractivity contribution in [1.82, 2.24) is 9.97 Å². The van der Waals surface area contributed by atoms with Crippen molar-refractivity contribution in [2.75, 3.05) is 37.5 Å². The molecule has 0 saturated carbocycles. The predicted molar refractivity (Wildman–Crippen MR) is 101 cm³/mol. The Hall–Kier alpha value is -2.86. The smallest absolute Gasteiger partial charge is 0.260 e. The summed E-state index contributed by atoms with van der Waals surface area (Å²) in [6, 6.07) is 15.5. The Morgan fingerprint density at radius 2 is 1.92 bits per heavy atom. The molecular formula is C19H22N4O2. The SMILES string of the molecule is COCCN(C)c1ccccc1CNc1nc2ccccc2c(=O)[nH]1. The van der Waals surface area contributed by atoms with Crippen LogP contribution in [0.4, 0.5) is 11.6 Å². The monoisotopic (exact) mass is 338 g/mol. The summed E-state index contributed by atoms with van der Waals surface area (Å²) in [6.07, 6.45) is 0. The van der Waals surface area contributed by atoms with Gasteiger partial charge in [0.05, 0.1) is 17.5 Å². The molecule has 25 heavy (non-hydrogen) atoms. The molecule has 1 heterocycles. The summed E-state index contributed by atoms with van der Waals surface area (Å²) in [4.78, 5) is 21.6. The van der Waals surface area contributed by atoms with Crippen LogP contribution in [0, 0.1) is 0 Å². The largest absolute Gasteiger partial charge is 0.383 e. The number of rotatable bonds is 7. The van der Waals surface area contributed by atoms with Gasteiger partial charge in [0, 0.05) is 32.9 Å². The number of anilines is 2. The van der Waals surface area contributed by atoms with Crippen LogP contribution in [0.25, 0.3) is 10.9 Å². The number of aromatic nitrogens is 2. The highest BCUT2D eigenvalue weighted by Crippen LogP contribution is 2.20. The molecule has 0 atom stereocenters. The molecular weight excluding hydrogens is 316 g/mol. The predicted octanol–water partition coefficient (Wildman–Crippen LogP) is 2.62. The minimum Gasteiger partial charge on any atom is -0.383 e. The summed E-state index contributed by atoms with van der Waals surface area (Å²) in [5, 5.41) is 3.81. The number of benzene rings is 2. The first-order chi connectivity index (χ1) is 12.2. The fourth-order valence-corrected chi connectivity index (χ4v) is 2.73. The lowest BCUT2D eigenvalue weighted by molar-refractivity contribution is 0.206. The Morgan fingerprint density at radius 1 is 1.16 bits per heavy atom. The number of fused-ring (bicyclic) bond motifs is 1. The van der Waals surface area contributed by atoms with Crippen molar-refractivity contribution in [2.45, 2.75) is 6.54 Å². The molecule has 0 spiro atoms. The van der Waals surface area contributed by atoms with Crippen LogP contribution in [0.1, 0.15) is 5.56 Å². The quantitative estimate of drug-likeness (QED) is 0.693. The normalized spacial score (nSPS) is 10.8. The fourth-order valence-electron chi connectivity index (χ4n) is 2.73. The lowest BCUT2D eigenvalue weighted by Crippen LogP contribution is -2.23. The van der Waals surface area contributed by atoms with Gasteiger partial charge in [-0.2, -0.15) is 0 Å². The van der Waals surface area contributed by atoms with Gasteiger partial charge in [-0.1, -0.05) is 30.3 Å². The molecule has 0 aliphatic rings. The van der Waals surface area contributed by atoms with E-state index in [9.17, 15) is 4.79 Å². The summed E-state index contributed by atoms with van der Waals surface area (Å²) in [5.41, 5.74) is 2.78. The Morgan fingerprint density at radius 3 is 2.76 bits per heavy atom. The van der Waals surface area contributed by atoms with Crippen LogP contribution in [0.15, 0.2) is 53.3 Å². The zero-order valence-corrected chi connectivity index (χ0v) is 14.5. The number of hydrogen-bond donors (Lipinski definition) is 2. The van der Waals surface area contributed by atoms with E-state index >= 15 is 0 Å². The molecule has 3 aromatic rings. The molecule has 1 aromatic heterocycles. The van der Waals surface area contributed by atoms with E-state index in [1.54, 1.807) is 13.2 Å². The van der Waals surface area contributed by atoms with Crippen molar-refractivity contribution in [1.29, 1.82) is 0 Å². The van der Waals surface area contributed by atoms with Crippen LogP contribution in [-0.2, 0) is 11.3 Å². The summed E-state index contributed by atoms with van der Waals surface area (Å²) >= 11 is 0. The van der Waals surface area contributed by atoms with Crippen molar-refractivity contribution >= 4 is 22.5 Å². The van der Waals surface area contributed by atoms with Gasteiger partial charge in [-0.05, 0) is 23.8 Å². The first-order valence-corrected chi connectivity index (χ1v) is 8.20. The van der Waals surface area contributed by atoms with Gasteiger partial charge in [0.1, 0.15) is 0 Å². The topological polar surface area (TPSA) is 70.2 Å². The number of aromatic amines is 1. The molecule has 0 bridgehead atoms. The van der Waals surface area contributed by atoms with E-state index in [2.05, 4.69) is 32.3 Å². The maximum atomic E-state index is 12.1. The number of nitrogens with zero attached hydrogens (tertiary/aromatic N) is 2. The third-order valence-corrected chi connectivity index (χ3v) is 4.09. The van der Waals surface area contributed by atoms with Crippen LogP contribution in [0.5, 0.6) is 0 Å². The third kappa shape index (κ3) is 3.97. The highest BCUT2D eigenvalue weighted by molar-refractivity contribution is 5.78. The van der Waals surface area contributed by atoms with Gasteiger partial charge in [-0.15, -0.1) is 0 Å². The highest BCUT2D eigenvalue weighted by atomic mass is 16.5. The average molecular weight is 338 g/mol. The Labute approximate surface area is 146 Å². The minimum absolute atomic E-state index is 0.140. The average Bonchev–Trinajstić information content (AvgIpc) is 2.65. The molecule has 0 aliphatic heterocycles. The molecule has 130 valence electrons. The van der Waals surface area contributed by atoms with Crippen molar-refractivity contribution in [2.24, 2.45) is 0 Å². The van der Waals surface area contributed by atoms with Gasteiger partial charge < -0.3 is 15.0 Å². The van der Waals surface area contributed by atoms with Gasteiger partial charge in [0.15, 0.2) is 0 Å². The molecule has 2 aromatic carbocycles. The van der Waals surface area contributed by atoms with Crippen LogP contribution >= 0.6 is 0 Å². The second kappa shape index (κ2) is 7.81. The zero-order valence-electron chi connectivity index (χ0n) is 14.5. The highest BCUT2D eigenvalue weighted by Gasteiger charge is 2.08. The summed E-state index contributed by atoms with van der Waals surface area (Å²) in [7, 11) is 3.73. The van der Waals surface area contributed by atoms with Crippen LogP contribution in [0.2, 0.25) is 0 Å². The fraction of sp³-hybridized carbons (Fsp3) is 0.263. The minimum atomic E-state index is -0.140. The maximum Gasteiger partial charge on any atom is 0.260 e. The first-order valence-electron chi connectivity index (χ1n) is 8.20. The Balaban J connectivity index is 1.79. The Kier molecular flexibility index (Phi) is 5.30. The lowest BCUT2D eigenvalue weighted by Gasteiger charge is -2.22. The van der Waals surface area contributed by atoms with Gasteiger partial charge in [-0.3, -0.25) is 9.78 Å². The number of methoxy groups -OCH3 is 1. The maximum absolute atomic E-state index is 12.1. The summed E-state index contributed by atoms with van der Waals surface area (Å²) in [6.45, 7) is 2.03.